The van der Waals surface area contributed by atoms with Crippen LogP contribution in [0, 0.1) is 11.8 Å². The molecule has 0 rings (SSSR count). The highest BCUT2D eigenvalue weighted by atomic mass is 79.9. The third kappa shape index (κ3) is 14.1. The van der Waals surface area contributed by atoms with Gasteiger partial charge in [0, 0.05) is 13.2 Å². The van der Waals surface area contributed by atoms with Crippen molar-refractivity contribution in [2.45, 2.75) is 70.3 Å². The maximum absolute atomic E-state index is 5.49. The van der Waals surface area contributed by atoms with Gasteiger partial charge in [-0.25, -0.2) is 0 Å². The van der Waals surface area contributed by atoms with Crippen LogP contribution in [0.5, 0.6) is 0 Å². The summed E-state index contributed by atoms with van der Waals surface area (Å²) in [6, 6.07) is 0. The number of halogens is 1. The molecule has 0 aromatic carbocycles. The first-order valence-corrected chi connectivity index (χ1v) is 13.0. The molecular formula is C16H33BrMgO2. The van der Waals surface area contributed by atoms with Crippen molar-refractivity contribution in [1.82, 2.24) is 0 Å². The first-order chi connectivity index (χ1) is 9.60. The summed E-state index contributed by atoms with van der Waals surface area (Å²) in [5, 5.41) is 0. The highest BCUT2D eigenvalue weighted by molar-refractivity contribution is 9.23. The van der Waals surface area contributed by atoms with E-state index < -0.39 is 0 Å². The van der Waals surface area contributed by atoms with E-state index in [1.807, 2.05) is 0 Å². The zero-order chi connectivity index (χ0) is 15.2. The van der Waals surface area contributed by atoms with Crippen LogP contribution in [-0.2, 0) is 9.47 Å². The average Bonchev–Trinajstić information content (AvgIpc) is 2.41. The molecule has 0 radical (unpaired) electrons. The Bertz CT molecular complexity index is 205. The molecule has 0 saturated carbocycles. The Morgan fingerprint density at radius 3 is 2.20 bits per heavy atom. The van der Waals surface area contributed by atoms with Crippen molar-refractivity contribution in [3.8, 4) is 0 Å². The molecule has 0 fully saturated rings. The van der Waals surface area contributed by atoms with Crippen LogP contribution in [0.1, 0.15) is 66.2 Å². The summed E-state index contributed by atoms with van der Waals surface area (Å²) in [6.07, 6.45) is 7.51. The summed E-state index contributed by atoms with van der Waals surface area (Å²) in [4.78, 5) is 0. The maximum atomic E-state index is 5.49. The van der Waals surface area contributed by atoms with Crippen LogP contribution in [-0.4, -0.2) is 38.2 Å². The molecule has 4 heteroatoms. The quantitative estimate of drug-likeness (QED) is 0.233. The first-order valence-electron chi connectivity index (χ1n) is 8.31. The Morgan fingerprint density at radius 2 is 1.60 bits per heavy atom. The van der Waals surface area contributed by atoms with E-state index in [1.165, 1.54) is 25.7 Å². The maximum Gasteiger partial charge on any atom is 0.471 e. The van der Waals surface area contributed by atoms with E-state index in [2.05, 4.69) is 40.6 Å². The monoisotopic (exact) mass is 360 g/mol. The molecule has 0 amide bonds. The van der Waals surface area contributed by atoms with Crippen LogP contribution >= 0.6 is 12.9 Å². The van der Waals surface area contributed by atoms with E-state index in [1.54, 1.807) is 0 Å². The molecule has 20 heavy (non-hydrogen) atoms. The van der Waals surface area contributed by atoms with Gasteiger partial charge in [0.2, 0.25) is 0 Å². The lowest BCUT2D eigenvalue weighted by molar-refractivity contribution is -0.0558. The van der Waals surface area contributed by atoms with Gasteiger partial charge in [-0.15, -0.1) is 4.05 Å². The fourth-order valence-electron chi connectivity index (χ4n) is 2.61. The summed E-state index contributed by atoms with van der Waals surface area (Å²) in [5.74, 6) is 1.68. The van der Waals surface area contributed by atoms with E-state index in [9.17, 15) is 0 Å². The standard InChI is InChI=1S/C16H33O2.BrH.Mg/c1-5-7-11-17-14-18-12-8-10-16(4)13-15(3)9-6-2;;/h6,15-16H,5,7-14H2,1-4H3;1H;/q;;+1/p-1. The van der Waals surface area contributed by atoms with Gasteiger partial charge >= 0.3 is 18.2 Å². The first kappa shape index (κ1) is 21.2. The van der Waals surface area contributed by atoms with E-state index in [4.69, 9.17) is 9.47 Å². The topological polar surface area (TPSA) is 18.5 Å². The van der Waals surface area contributed by atoms with Crippen LogP contribution < -0.4 is 0 Å². The number of rotatable bonds is 14. The molecule has 0 spiro atoms. The van der Waals surface area contributed by atoms with Gasteiger partial charge in [0.25, 0.3) is 0 Å². The number of ether oxygens (including phenoxy) is 2. The molecule has 2 nitrogen and oxygen atoms in total. The Kier molecular flexibility index (Phi) is 16.0. The average molecular weight is 362 g/mol. The van der Waals surface area contributed by atoms with Crippen LogP contribution in [0.3, 0.4) is 0 Å². The Morgan fingerprint density at radius 1 is 0.950 bits per heavy atom. The van der Waals surface area contributed by atoms with E-state index in [-0.39, 0.29) is 18.2 Å². The largest absolute Gasteiger partial charge is 0.471 e. The van der Waals surface area contributed by atoms with Crippen molar-refractivity contribution in [3.63, 3.8) is 0 Å². The van der Waals surface area contributed by atoms with Crippen molar-refractivity contribution < 1.29 is 9.47 Å². The van der Waals surface area contributed by atoms with Crippen LogP contribution in [0.25, 0.3) is 0 Å². The van der Waals surface area contributed by atoms with Crippen molar-refractivity contribution >= 4 is 31.1 Å². The summed E-state index contributed by atoms with van der Waals surface area (Å²) in [7, 11) is 0. The minimum atomic E-state index is 0.00824. The molecule has 118 valence electrons. The minimum absolute atomic E-state index is 0.00824. The van der Waals surface area contributed by atoms with Crippen LogP contribution in [0.15, 0.2) is 0 Å². The van der Waals surface area contributed by atoms with Crippen molar-refractivity contribution in [2.75, 3.05) is 20.0 Å². The molecule has 0 aliphatic heterocycles. The zero-order valence-electron chi connectivity index (χ0n) is 14.0. The third-order valence-electron chi connectivity index (χ3n) is 3.67. The SMILES string of the molecule is CCCCOCOCCCC(C)CC(C)C[CH](C)[Mg][Br]. The van der Waals surface area contributed by atoms with E-state index in [0.717, 1.165) is 41.9 Å². The Balaban J connectivity index is 3.37. The molecule has 0 aromatic heterocycles. The fraction of sp³-hybridized carbons (Fsp3) is 1.00. The highest BCUT2D eigenvalue weighted by Gasteiger charge is 2.13. The highest BCUT2D eigenvalue weighted by Crippen LogP contribution is 2.25. The molecule has 0 aliphatic carbocycles. The summed E-state index contributed by atoms with van der Waals surface area (Å²) in [6.45, 7) is 11.5. The van der Waals surface area contributed by atoms with Gasteiger partial charge in [-0.05, 0) is 37.5 Å². The predicted molar refractivity (Wildman–Crippen MR) is 92.6 cm³/mol. The van der Waals surface area contributed by atoms with Crippen molar-refractivity contribution in [2.24, 2.45) is 11.8 Å². The van der Waals surface area contributed by atoms with Gasteiger partial charge in [0.15, 0.2) is 0 Å². The predicted octanol–water partition coefficient (Wildman–Crippen LogP) is 5.43. The van der Waals surface area contributed by atoms with Gasteiger partial charge in [0.1, 0.15) is 6.79 Å². The zero-order valence-corrected chi connectivity index (χ0v) is 17.0. The molecule has 0 saturated heterocycles. The molecule has 0 aliphatic rings. The molecule has 0 N–H and O–H groups in total. The molecule has 0 heterocycles. The summed E-state index contributed by atoms with van der Waals surface area (Å²) >= 11 is 3.71. The number of hydrogen-bond donors (Lipinski definition) is 0. The molecule has 3 atom stereocenters. The lowest BCUT2D eigenvalue weighted by Crippen LogP contribution is -2.08. The van der Waals surface area contributed by atoms with E-state index in [0.29, 0.717) is 6.79 Å². The molecule has 3 unspecified atom stereocenters. The lowest BCUT2D eigenvalue weighted by Gasteiger charge is -2.19. The third-order valence-corrected chi connectivity index (χ3v) is 7.84. The second-order valence-electron chi connectivity index (χ2n) is 6.37. The second kappa shape index (κ2) is 15.1. The van der Waals surface area contributed by atoms with Crippen LogP contribution in [0.4, 0.5) is 0 Å². The van der Waals surface area contributed by atoms with Gasteiger partial charge < -0.3 is 22.4 Å². The molecule has 0 bridgehead atoms. The second-order valence-corrected chi connectivity index (χ2v) is 10.0. The minimum Gasteiger partial charge on any atom is -0.355 e. The fourth-order valence-corrected chi connectivity index (χ4v) is 4.10. The lowest BCUT2D eigenvalue weighted by atomic mass is 9.91. The smallest absolute Gasteiger partial charge is 0.355 e. The molecule has 0 aromatic rings. The summed E-state index contributed by atoms with van der Waals surface area (Å²) in [5.41, 5.74) is 0. The summed E-state index contributed by atoms with van der Waals surface area (Å²) < 4.78 is 11.8. The van der Waals surface area contributed by atoms with Gasteiger partial charge in [-0.3, -0.25) is 0 Å². The number of unbranched alkanes of at least 4 members (excludes halogenated alkanes) is 1. The van der Waals surface area contributed by atoms with Gasteiger partial charge in [0.05, 0.1) is 0 Å². The Labute approximate surface area is 142 Å². The Hall–Kier alpha value is 1.17. The van der Waals surface area contributed by atoms with Crippen molar-refractivity contribution in [1.29, 1.82) is 0 Å². The number of hydrogen-bond acceptors (Lipinski definition) is 2. The van der Waals surface area contributed by atoms with Gasteiger partial charge in [-0.2, -0.15) is 0 Å². The van der Waals surface area contributed by atoms with E-state index >= 15 is 0 Å². The van der Waals surface area contributed by atoms with Gasteiger partial charge in [-0.1, -0.05) is 40.5 Å². The normalized spacial score (nSPS) is 15.7. The molecular weight excluding hydrogens is 328 g/mol. The van der Waals surface area contributed by atoms with Crippen LogP contribution in [0.2, 0.25) is 4.05 Å². The van der Waals surface area contributed by atoms with Crippen molar-refractivity contribution in [3.05, 3.63) is 0 Å².